The van der Waals surface area contributed by atoms with Crippen LogP contribution in [0.25, 0.3) is 0 Å². The lowest BCUT2D eigenvalue weighted by molar-refractivity contribution is -0.143. The quantitative estimate of drug-likeness (QED) is 0.318. The van der Waals surface area contributed by atoms with Gasteiger partial charge in [-0.2, -0.15) is 0 Å². The Morgan fingerprint density at radius 1 is 0.950 bits per heavy atom. The maximum atomic E-state index is 13.1. The molecule has 0 spiro atoms. The summed E-state index contributed by atoms with van der Waals surface area (Å²) in [5.41, 5.74) is 2.87. The number of amides is 3. The van der Waals surface area contributed by atoms with Gasteiger partial charge in [0, 0.05) is 43.2 Å². The predicted molar refractivity (Wildman–Crippen MR) is 151 cm³/mol. The number of fused-ring (bicyclic) bond motifs is 1. The number of nitrogens with zero attached hydrogens (tertiary/aromatic N) is 2. The molecule has 0 atom stereocenters. The Morgan fingerprint density at radius 2 is 1.70 bits per heavy atom. The van der Waals surface area contributed by atoms with Gasteiger partial charge in [0.25, 0.3) is 5.91 Å². The number of likely N-dealkylation sites (tertiary alicyclic amines) is 1. The van der Waals surface area contributed by atoms with Crippen LogP contribution in [0.2, 0.25) is 0 Å². The number of hydrogen-bond donors (Lipinski definition) is 1. The minimum atomic E-state index is -0.432. The number of rotatable bonds is 12. The van der Waals surface area contributed by atoms with Crippen LogP contribution < -0.4 is 15.0 Å². The average molecular weight is 550 g/mol. The Hall–Kier alpha value is -3.88. The number of carbonyl (C=O) groups is 4. The van der Waals surface area contributed by atoms with Crippen LogP contribution in [0.15, 0.2) is 48.5 Å². The third-order valence-electron chi connectivity index (χ3n) is 7.40. The fourth-order valence-electron chi connectivity index (χ4n) is 5.28. The van der Waals surface area contributed by atoms with Crippen molar-refractivity contribution in [3.05, 3.63) is 59.7 Å². The number of benzene rings is 2. The first-order valence-electron chi connectivity index (χ1n) is 14.3. The van der Waals surface area contributed by atoms with Crippen molar-refractivity contribution in [1.82, 2.24) is 10.2 Å². The fourth-order valence-corrected chi connectivity index (χ4v) is 5.28. The summed E-state index contributed by atoms with van der Waals surface area (Å²) < 4.78 is 10.6. The van der Waals surface area contributed by atoms with Crippen molar-refractivity contribution in [3.63, 3.8) is 0 Å². The highest BCUT2D eigenvalue weighted by atomic mass is 16.5. The summed E-state index contributed by atoms with van der Waals surface area (Å²) in [7, 11) is 0. The van der Waals surface area contributed by atoms with Gasteiger partial charge in [-0.05, 0) is 81.3 Å². The van der Waals surface area contributed by atoms with E-state index in [1.54, 1.807) is 19.1 Å². The highest BCUT2D eigenvalue weighted by Gasteiger charge is 2.33. The van der Waals surface area contributed by atoms with Crippen LogP contribution in [-0.4, -0.2) is 67.5 Å². The first kappa shape index (κ1) is 29.1. The predicted octanol–water partition coefficient (Wildman–Crippen LogP) is 3.89. The summed E-state index contributed by atoms with van der Waals surface area (Å²) in [6.45, 7) is 3.68. The summed E-state index contributed by atoms with van der Waals surface area (Å²) >= 11 is 0. The van der Waals surface area contributed by atoms with Gasteiger partial charge >= 0.3 is 5.97 Å². The third kappa shape index (κ3) is 7.83. The number of esters is 1. The number of carbonyl (C=O) groups excluding carboxylic acids is 4. The molecule has 2 heterocycles. The summed E-state index contributed by atoms with van der Waals surface area (Å²) in [6, 6.07) is 15.5. The van der Waals surface area contributed by atoms with Gasteiger partial charge in [-0.1, -0.05) is 18.2 Å². The fraction of sp³-hybridized carbons (Fsp3) is 0.484. The molecule has 3 amide bonds. The molecule has 1 fully saturated rings. The molecule has 2 aromatic rings. The van der Waals surface area contributed by atoms with Gasteiger partial charge in [-0.15, -0.1) is 0 Å². The van der Waals surface area contributed by atoms with Gasteiger partial charge in [-0.3, -0.25) is 19.2 Å². The molecule has 2 aromatic carbocycles. The van der Waals surface area contributed by atoms with Crippen LogP contribution in [-0.2, 0) is 25.5 Å². The summed E-state index contributed by atoms with van der Waals surface area (Å²) in [5, 5.41) is 2.55. The van der Waals surface area contributed by atoms with Crippen molar-refractivity contribution in [3.8, 4) is 5.75 Å². The number of aryl methyl sites for hydroxylation is 1. The van der Waals surface area contributed by atoms with E-state index in [0.29, 0.717) is 56.9 Å². The molecule has 0 radical (unpaired) electrons. The van der Waals surface area contributed by atoms with E-state index in [0.717, 1.165) is 37.8 Å². The molecule has 0 saturated carbocycles. The monoisotopic (exact) mass is 549 g/mol. The van der Waals surface area contributed by atoms with Gasteiger partial charge in [-0.25, -0.2) is 0 Å². The van der Waals surface area contributed by atoms with E-state index in [-0.39, 0.29) is 30.3 Å². The number of piperidine rings is 1. The molecule has 4 rings (SSSR count). The van der Waals surface area contributed by atoms with Gasteiger partial charge in [0.2, 0.25) is 11.8 Å². The van der Waals surface area contributed by atoms with Gasteiger partial charge in [0.05, 0.1) is 13.2 Å². The van der Waals surface area contributed by atoms with Crippen molar-refractivity contribution in [2.24, 2.45) is 0 Å². The highest BCUT2D eigenvalue weighted by Crippen LogP contribution is 2.32. The minimum absolute atomic E-state index is 0.00314. The van der Waals surface area contributed by atoms with Crippen molar-refractivity contribution >= 4 is 29.4 Å². The number of ether oxygens (including phenoxy) is 2. The molecule has 40 heavy (non-hydrogen) atoms. The second kappa shape index (κ2) is 14.5. The lowest BCUT2D eigenvalue weighted by Gasteiger charge is -2.41. The van der Waals surface area contributed by atoms with Crippen LogP contribution in [0.5, 0.6) is 5.75 Å². The molecule has 0 unspecified atom stereocenters. The van der Waals surface area contributed by atoms with Crippen LogP contribution in [0, 0.1) is 0 Å². The number of nitrogens with one attached hydrogen (secondary N) is 1. The molecule has 1 N–H and O–H groups in total. The maximum absolute atomic E-state index is 13.1. The zero-order valence-corrected chi connectivity index (χ0v) is 23.2. The van der Waals surface area contributed by atoms with E-state index >= 15 is 0 Å². The Balaban J connectivity index is 1.15. The number of para-hydroxylation sites is 1. The normalized spacial score (nSPS) is 15.4. The van der Waals surface area contributed by atoms with Crippen LogP contribution in [0.1, 0.15) is 67.8 Å². The van der Waals surface area contributed by atoms with E-state index in [4.69, 9.17) is 9.47 Å². The molecule has 2 aliphatic heterocycles. The Kier molecular flexibility index (Phi) is 10.5. The number of anilines is 1. The Bertz CT molecular complexity index is 1170. The molecular weight excluding hydrogens is 510 g/mol. The molecule has 2 aliphatic rings. The molecule has 9 nitrogen and oxygen atoms in total. The maximum Gasteiger partial charge on any atom is 0.325 e. The van der Waals surface area contributed by atoms with Gasteiger partial charge < -0.3 is 24.6 Å². The van der Waals surface area contributed by atoms with E-state index < -0.39 is 5.97 Å². The lowest BCUT2D eigenvalue weighted by Crippen LogP contribution is -2.50. The van der Waals surface area contributed by atoms with E-state index in [2.05, 4.69) is 11.4 Å². The third-order valence-corrected chi connectivity index (χ3v) is 7.40. The Morgan fingerprint density at radius 3 is 2.45 bits per heavy atom. The van der Waals surface area contributed by atoms with Crippen LogP contribution in [0.4, 0.5) is 5.69 Å². The topological polar surface area (TPSA) is 105 Å². The minimum Gasteiger partial charge on any atom is -0.494 e. The van der Waals surface area contributed by atoms with Gasteiger partial charge in [0.15, 0.2) is 0 Å². The van der Waals surface area contributed by atoms with Crippen LogP contribution >= 0.6 is 0 Å². The van der Waals surface area contributed by atoms with Gasteiger partial charge in [0.1, 0.15) is 12.3 Å². The first-order valence-corrected chi connectivity index (χ1v) is 14.3. The number of unbranched alkanes of at least 4 members (excludes halogenated alkanes) is 2. The standard InChI is InChI=1S/C31H39N3O6/c1-2-39-30(37)22-32-28(35)10-4-3-7-21-40-26-14-11-24(12-15-26)31(38)33-19-17-25(18-20-33)34-27-9-6-5-8-23(27)13-16-29(34)36/h5-6,8-9,11-12,14-15,25H,2-4,7,10,13,16-22H2,1H3,(H,32,35). The SMILES string of the molecule is CCOC(=O)CNC(=O)CCCCCOc1ccc(C(=O)N2CCC(N3C(=O)CCc4ccccc43)CC2)cc1. The van der Waals surface area contributed by atoms with Crippen molar-refractivity contribution < 1.29 is 28.7 Å². The van der Waals surface area contributed by atoms with Crippen LogP contribution in [0.3, 0.4) is 0 Å². The molecule has 0 bridgehead atoms. The summed E-state index contributed by atoms with van der Waals surface area (Å²) in [5.74, 6) is 0.277. The summed E-state index contributed by atoms with van der Waals surface area (Å²) in [4.78, 5) is 52.7. The smallest absolute Gasteiger partial charge is 0.325 e. The van der Waals surface area contributed by atoms with Crippen molar-refractivity contribution in [2.45, 2.75) is 64.3 Å². The van der Waals surface area contributed by atoms with E-state index in [9.17, 15) is 19.2 Å². The highest BCUT2D eigenvalue weighted by molar-refractivity contribution is 5.97. The Labute approximate surface area is 235 Å². The zero-order chi connectivity index (χ0) is 28.3. The first-order chi connectivity index (χ1) is 19.5. The van der Waals surface area contributed by atoms with E-state index in [1.807, 2.05) is 40.1 Å². The molecular formula is C31H39N3O6. The second-order valence-corrected chi connectivity index (χ2v) is 10.2. The molecule has 214 valence electrons. The van der Waals surface area contributed by atoms with E-state index in [1.165, 1.54) is 5.56 Å². The lowest BCUT2D eigenvalue weighted by atomic mass is 9.95. The molecule has 1 saturated heterocycles. The summed E-state index contributed by atoms with van der Waals surface area (Å²) in [6.07, 6.45) is 5.55. The van der Waals surface area contributed by atoms with Crippen molar-refractivity contribution in [2.75, 3.05) is 37.7 Å². The largest absolute Gasteiger partial charge is 0.494 e. The molecule has 9 heteroatoms. The number of hydrogen-bond acceptors (Lipinski definition) is 6. The second-order valence-electron chi connectivity index (χ2n) is 10.2. The molecule has 0 aliphatic carbocycles. The van der Waals surface area contributed by atoms with Crippen molar-refractivity contribution in [1.29, 1.82) is 0 Å². The average Bonchev–Trinajstić information content (AvgIpc) is 2.98. The zero-order valence-electron chi connectivity index (χ0n) is 23.2. The molecule has 0 aromatic heterocycles.